The molecule has 180 valence electrons. The Labute approximate surface area is 204 Å². The van der Waals surface area contributed by atoms with Gasteiger partial charge in [0.1, 0.15) is 0 Å². The van der Waals surface area contributed by atoms with Crippen LogP contribution in [0.2, 0.25) is 0 Å². The van der Waals surface area contributed by atoms with Crippen LogP contribution in [0, 0.1) is 0 Å². The van der Waals surface area contributed by atoms with Gasteiger partial charge in [0, 0.05) is 29.2 Å². The van der Waals surface area contributed by atoms with Crippen LogP contribution in [-0.2, 0) is 16.3 Å². The van der Waals surface area contributed by atoms with E-state index in [0.29, 0.717) is 23.7 Å². The number of aromatic nitrogens is 2. The van der Waals surface area contributed by atoms with Crippen molar-refractivity contribution < 1.29 is 13.6 Å². The fourth-order valence-electron chi connectivity index (χ4n) is 4.62. The maximum absolute atomic E-state index is 12.9. The van der Waals surface area contributed by atoms with E-state index in [0.717, 1.165) is 54.0 Å². The van der Waals surface area contributed by atoms with Crippen LogP contribution < -0.4 is 10.6 Å². The highest BCUT2D eigenvalue weighted by Gasteiger charge is 2.28. The number of nitrogens with zero attached hydrogens (tertiary/aromatic N) is 3. The average molecular weight is 490 g/mol. The summed E-state index contributed by atoms with van der Waals surface area (Å²) in [6.45, 7) is 1.47. The number of piperidine rings is 1. The zero-order valence-electron chi connectivity index (χ0n) is 19.2. The molecular formula is C26H27N5O3S. The molecule has 2 aromatic carbocycles. The molecule has 8 nitrogen and oxygen atoms in total. The molecular weight excluding hydrogens is 462 g/mol. The summed E-state index contributed by atoms with van der Waals surface area (Å²) in [6, 6.07) is 12.7. The largest absolute Gasteiger partial charge is 0.411 e. The third kappa shape index (κ3) is 4.96. The van der Waals surface area contributed by atoms with E-state index >= 15 is 0 Å². The summed E-state index contributed by atoms with van der Waals surface area (Å²) in [4.78, 5) is 9.10. The summed E-state index contributed by atoms with van der Waals surface area (Å²) in [5.41, 5.74) is 5.57. The number of benzene rings is 2. The summed E-state index contributed by atoms with van der Waals surface area (Å²) < 4.78 is 25.7. The predicted octanol–water partition coefficient (Wildman–Crippen LogP) is 4.04. The van der Waals surface area contributed by atoms with Crippen molar-refractivity contribution in [2.45, 2.75) is 35.8 Å². The topological polar surface area (TPSA) is 117 Å². The molecule has 1 saturated heterocycles. The lowest BCUT2D eigenvalue weighted by Gasteiger charge is -2.22. The number of sulfone groups is 1. The average Bonchev–Trinajstić information content (AvgIpc) is 3.33. The van der Waals surface area contributed by atoms with E-state index in [1.54, 1.807) is 36.7 Å². The Morgan fingerprint density at radius 1 is 1.00 bits per heavy atom. The summed E-state index contributed by atoms with van der Waals surface area (Å²) in [5.74, 6) is 0.431. The van der Waals surface area contributed by atoms with E-state index < -0.39 is 9.84 Å². The molecule has 1 aromatic heterocycles. The van der Waals surface area contributed by atoms with Gasteiger partial charge in [-0.1, -0.05) is 35.5 Å². The monoisotopic (exact) mass is 489 g/mol. The van der Waals surface area contributed by atoms with Crippen LogP contribution in [-0.4, -0.2) is 47.6 Å². The fraction of sp³-hybridized carbons (Fsp3) is 0.269. The molecule has 0 bridgehead atoms. The van der Waals surface area contributed by atoms with Crippen molar-refractivity contribution in [3.8, 4) is 0 Å². The van der Waals surface area contributed by atoms with Crippen molar-refractivity contribution in [2.75, 3.05) is 18.4 Å². The Bertz CT molecular complexity index is 1360. The minimum atomic E-state index is -3.32. The lowest BCUT2D eigenvalue weighted by molar-refractivity contribution is 0.318. The Kier molecular flexibility index (Phi) is 6.61. The Balaban J connectivity index is 1.24. The second kappa shape index (κ2) is 9.97. The molecule has 3 N–H and O–H groups in total. The van der Waals surface area contributed by atoms with Crippen molar-refractivity contribution >= 4 is 39.3 Å². The van der Waals surface area contributed by atoms with Crippen LogP contribution in [0.25, 0.3) is 12.2 Å². The third-order valence-electron chi connectivity index (χ3n) is 6.55. The Hall–Kier alpha value is -3.56. The molecule has 1 aliphatic heterocycles. The van der Waals surface area contributed by atoms with Crippen LogP contribution in [0.1, 0.15) is 41.5 Å². The second-order valence-electron chi connectivity index (χ2n) is 8.74. The fourth-order valence-corrected chi connectivity index (χ4v) is 6.38. The van der Waals surface area contributed by atoms with Crippen LogP contribution in [0.4, 0.5) is 11.6 Å². The number of nitrogens with one attached hydrogen (secondary N) is 2. The predicted molar refractivity (Wildman–Crippen MR) is 137 cm³/mol. The maximum Gasteiger partial charge on any atom is 0.227 e. The second-order valence-corrected chi connectivity index (χ2v) is 11.0. The highest BCUT2D eigenvalue weighted by molar-refractivity contribution is 7.92. The third-order valence-corrected chi connectivity index (χ3v) is 8.83. The van der Waals surface area contributed by atoms with Gasteiger partial charge in [-0.25, -0.2) is 18.4 Å². The first kappa shape index (κ1) is 23.2. The van der Waals surface area contributed by atoms with E-state index in [1.807, 2.05) is 30.4 Å². The van der Waals surface area contributed by atoms with Crippen molar-refractivity contribution in [2.24, 2.45) is 5.16 Å². The van der Waals surface area contributed by atoms with Crippen LogP contribution in [0.3, 0.4) is 0 Å². The lowest BCUT2D eigenvalue weighted by atomic mass is 10.0. The number of hydrogen-bond donors (Lipinski definition) is 3. The minimum absolute atomic E-state index is 0.326. The molecule has 0 spiro atoms. The van der Waals surface area contributed by atoms with Crippen molar-refractivity contribution in [3.63, 3.8) is 0 Å². The summed E-state index contributed by atoms with van der Waals surface area (Å²) in [5, 5.41) is 18.6. The molecule has 2 aliphatic rings. The van der Waals surface area contributed by atoms with Gasteiger partial charge in [0.05, 0.1) is 15.9 Å². The molecule has 0 unspecified atom stereocenters. The van der Waals surface area contributed by atoms with E-state index in [2.05, 4.69) is 25.8 Å². The number of fused-ring (bicyclic) bond motifs is 1. The van der Waals surface area contributed by atoms with E-state index in [1.165, 1.54) is 5.56 Å². The number of hydrogen-bond acceptors (Lipinski definition) is 8. The molecule has 35 heavy (non-hydrogen) atoms. The zero-order chi connectivity index (χ0) is 24.3. The quantitative estimate of drug-likeness (QED) is 0.353. The van der Waals surface area contributed by atoms with Gasteiger partial charge in [-0.05, 0) is 74.2 Å². The Morgan fingerprint density at radius 2 is 1.74 bits per heavy atom. The lowest BCUT2D eigenvalue weighted by Crippen LogP contribution is -2.35. The van der Waals surface area contributed by atoms with Gasteiger partial charge in [-0.15, -0.1) is 0 Å². The first-order valence-corrected chi connectivity index (χ1v) is 13.2. The Morgan fingerprint density at radius 3 is 2.46 bits per heavy atom. The molecule has 0 saturated carbocycles. The molecule has 0 radical (unpaired) electrons. The molecule has 2 heterocycles. The molecule has 9 heteroatoms. The normalized spacial score (nSPS) is 17.7. The van der Waals surface area contributed by atoms with Gasteiger partial charge in [-0.3, -0.25) is 0 Å². The van der Waals surface area contributed by atoms with Gasteiger partial charge >= 0.3 is 0 Å². The minimum Gasteiger partial charge on any atom is -0.411 e. The van der Waals surface area contributed by atoms with Crippen molar-refractivity contribution in [1.29, 1.82) is 0 Å². The maximum atomic E-state index is 12.9. The highest BCUT2D eigenvalue weighted by Crippen LogP contribution is 2.27. The number of rotatable bonds is 6. The summed E-state index contributed by atoms with van der Waals surface area (Å²) in [6.07, 6.45) is 10.3. The highest BCUT2D eigenvalue weighted by atomic mass is 32.2. The van der Waals surface area contributed by atoms with E-state index in [-0.39, 0.29) is 5.25 Å². The van der Waals surface area contributed by atoms with Crippen molar-refractivity contribution in [3.05, 3.63) is 77.1 Å². The SMILES string of the molecule is O=S(=O)(c1ccc(Nc2ncc(/C=C/c3cccc4c3CC/C4=N\O)cn2)cc1)C1CCNCC1. The molecule has 1 fully saturated rings. The standard InChI is InChI=1S/C26H27N5O3S/c32-31-25-11-10-23-19(2-1-3-24(23)25)5-4-18-16-28-26(29-17-18)30-20-6-8-21(9-7-20)35(33,34)22-12-14-27-15-13-22/h1-9,16-17,22,27,32H,10-15H2,(H,28,29,30)/b5-4+,31-25+. The first-order chi connectivity index (χ1) is 17.0. The van der Waals surface area contributed by atoms with Gasteiger partial charge in [0.2, 0.25) is 5.95 Å². The first-order valence-electron chi connectivity index (χ1n) is 11.7. The van der Waals surface area contributed by atoms with Gasteiger partial charge in [0.15, 0.2) is 9.84 Å². The zero-order valence-corrected chi connectivity index (χ0v) is 20.0. The van der Waals surface area contributed by atoms with Gasteiger partial charge in [0.25, 0.3) is 0 Å². The van der Waals surface area contributed by atoms with Gasteiger partial charge in [-0.2, -0.15) is 0 Å². The smallest absolute Gasteiger partial charge is 0.227 e. The number of anilines is 2. The summed E-state index contributed by atoms with van der Waals surface area (Å²) >= 11 is 0. The van der Waals surface area contributed by atoms with E-state index in [9.17, 15) is 8.42 Å². The van der Waals surface area contributed by atoms with Crippen LogP contribution >= 0.6 is 0 Å². The van der Waals surface area contributed by atoms with Crippen LogP contribution in [0.5, 0.6) is 0 Å². The van der Waals surface area contributed by atoms with Crippen molar-refractivity contribution in [1.82, 2.24) is 15.3 Å². The molecule has 0 atom stereocenters. The number of oxime groups is 1. The molecule has 0 amide bonds. The molecule has 1 aliphatic carbocycles. The van der Waals surface area contributed by atoms with Gasteiger partial charge < -0.3 is 15.8 Å². The summed E-state index contributed by atoms with van der Waals surface area (Å²) in [7, 11) is -3.32. The molecule has 5 rings (SSSR count). The van der Waals surface area contributed by atoms with Crippen LogP contribution in [0.15, 0.2) is 64.9 Å². The molecule has 3 aromatic rings. The van der Waals surface area contributed by atoms with E-state index in [4.69, 9.17) is 5.21 Å².